The zero-order valence-corrected chi connectivity index (χ0v) is 16.5. The van der Waals surface area contributed by atoms with Crippen molar-refractivity contribution in [2.75, 3.05) is 23.7 Å². The molecular formula is C19H23ClN2O3S. The molecule has 26 heavy (non-hydrogen) atoms. The normalized spacial score (nSPS) is 11.3. The van der Waals surface area contributed by atoms with Gasteiger partial charge in [-0.2, -0.15) is 0 Å². The first-order chi connectivity index (χ1) is 12.3. The van der Waals surface area contributed by atoms with Crippen molar-refractivity contribution in [1.82, 2.24) is 4.72 Å². The van der Waals surface area contributed by atoms with E-state index in [0.717, 1.165) is 11.1 Å². The fourth-order valence-electron chi connectivity index (χ4n) is 2.62. The maximum absolute atomic E-state index is 12.2. The third kappa shape index (κ3) is 5.83. The summed E-state index contributed by atoms with van der Waals surface area (Å²) in [5.74, 6) is -0.161. The largest absolute Gasteiger partial charge is 0.311 e. The quantitative estimate of drug-likeness (QED) is 0.747. The fraction of sp³-hybridized carbons (Fsp3) is 0.316. The summed E-state index contributed by atoms with van der Waals surface area (Å²) >= 11 is 6.12. The standard InChI is InChI=1S/C19H23ClN2O3S/c1-15-18(20)9-6-10-19(15)22(16(2)23)13-12-21-26(24,25)14-11-17-7-4-3-5-8-17/h3-10,21H,11-14H2,1-2H3. The van der Waals surface area contributed by atoms with Crippen LogP contribution in [-0.4, -0.2) is 33.2 Å². The van der Waals surface area contributed by atoms with Crippen LogP contribution in [0.15, 0.2) is 48.5 Å². The van der Waals surface area contributed by atoms with Gasteiger partial charge in [-0.25, -0.2) is 13.1 Å². The Kier molecular flexibility index (Phi) is 7.20. The minimum atomic E-state index is -3.42. The van der Waals surface area contributed by atoms with E-state index in [4.69, 9.17) is 11.6 Å². The maximum atomic E-state index is 12.2. The predicted octanol–water partition coefficient (Wildman–Crippen LogP) is 3.16. The van der Waals surface area contributed by atoms with E-state index in [-0.39, 0.29) is 24.7 Å². The first-order valence-corrected chi connectivity index (χ1v) is 10.4. The highest BCUT2D eigenvalue weighted by Gasteiger charge is 2.16. The van der Waals surface area contributed by atoms with Crippen molar-refractivity contribution >= 4 is 33.2 Å². The van der Waals surface area contributed by atoms with Crippen molar-refractivity contribution in [3.05, 3.63) is 64.7 Å². The topological polar surface area (TPSA) is 66.5 Å². The molecule has 0 aromatic heterocycles. The lowest BCUT2D eigenvalue weighted by atomic mass is 10.1. The van der Waals surface area contributed by atoms with Crippen LogP contribution in [0.4, 0.5) is 5.69 Å². The molecule has 7 heteroatoms. The molecule has 1 amide bonds. The number of hydrogen-bond donors (Lipinski definition) is 1. The molecule has 5 nitrogen and oxygen atoms in total. The van der Waals surface area contributed by atoms with Gasteiger partial charge in [0, 0.05) is 30.7 Å². The van der Waals surface area contributed by atoms with Gasteiger partial charge in [0.15, 0.2) is 0 Å². The number of carbonyl (C=O) groups is 1. The monoisotopic (exact) mass is 394 g/mol. The highest BCUT2D eigenvalue weighted by molar-refractivity contribution is 7.89. The van der Waals surface area contributed by atoms with Gasteiger partial charge in [-0.3, -0.25) is 4.79 Å². The van der Waals surface area contributed by atoms with Gasteiger partial charge in [0.1, 0.15) is 0 Å². The Labute approximate surface area is 160 Å². The number of anilines is 1. The summed E-state index contributed by atoms with van der Waals surface area (Å²) in [6, 6.07) is 14.8. The van der Waals surface area contributed by atoms with E-state index >= 15 is 0 Å². The molecule has 0 spiro atoms. The Morgan fingerprint density at radius 3 is 2.46 bits per heavy atom. The summed E-state index contributed by atoms with van der Waals surface area (Å²) in [5.41, 5.74) is 2.45. The fourth-order valence-corrected chi connectivity index (χ4v) is 3.84. The van der Waals surface area contributed by atoms with Gasteiger partial charge in [-0.05, 0) is 36.6 Å². The molecule has 0 atom stereocenters. The van der Waals surface area contributed by atoms with E-state index in [2.05, 4.69) is 4.72 Å². The minimum absolute atomic E-state index is 0.00722. The number of aryl methyl sites for hydroxylation is 1. The van der Waals surface area contributed by atoms with E-state index in [1.165, 1.54) is 11.8 Å². The van der Waals surface area contributed by atoms with Gasteiger partial charge in [0.25, 0.3) is 0 Å². The second-order valence-electron chi connectivity index (χ2n) is 6.00. The van der Waals surface area contributed by atoms with Crippen LogP contribution in [0, 0.1) is 6.92 Å². The Morgan fingerprint density at radius 1 is 1.12 bits per heavy atom. The van der Waals surface area contributed by atoms with E-state index in [1.54, 1.807) is 18.2 Å². The SMILES string of the molecule is CC(=O)N(CCNS(=O)(=O)CCc1ccccc1)c1cccc(Cl)c1C. The lowest BCUT2D eigenvalue weighted by molar-refractivity contribution is -0.116. The number of rotatable bonds is 8. The predicted molar refractivity (Wildman–Crippen MR) is 106 cm³/mol. The van der Waals surface area contributed by atoms with Crippen LogP contribution in [0.25, 0.3) is 0 Å². The number of sulfonamides is 1. The molecule has 0 aliphatic carbocycles. The van der Waals surface area contributed by atoms with Crippen molar-refractivity contribution in [1.29, 1.82) is 0 Å². The van der Waals surface area contributed by atoms with Crippen LogP contribution in [0.3, 0.4) is 0 Å². The summed E-state index contributed by atoms with van der Waals surface area (Å²) in [6.45, 7) is 3.66. The average Bonchev–Trinajstić information content (AvgIpc) is 2.61. The number of nitrogens with one attached hydrogen (secondary N) is 1. The van der Waals surface area contributed by atoms with Crippen molar-refractivity contribution in [2.24, 2.45) is 0 Å². The molecule has 0 radical (unpaired) electrons. The number of benzene rings is 2. The Morgan fingerprint density at radius 2 is 1.81 bits per heavy atom. The molecule has 0 fully saturated rings. The molecule has 0 saturated carbocycles. The number of nitrogens with zero attached hydrogens (tertiary/aromatic N) is 1. The highest BCUT2D eigenvalue weighted by Crippen LogP contribution is 2.26. The average molecular weight is 395 g/mol. The molecule has 2 rings (SSSR count). The first kappa shape index (κ1) is 20.4. The number of halogens is 1. The molecule has 2 aromatic rings. The van der Waals surface area contributed by atoms with Crippen LogP contribution in [-0.2, 0) is 21.2 Å². The molecule has 1 N–H and O–H groups in total. The van der Waals surface area contributed by atoms with Crippen LogP contribution in [0.5, 0.6) is 0 Å². The number of carbonyl (C=O) groups excluding carboxylic acids is 1. The lowest BCUT2D eigenvalue weighted by Crippen LogP contribution is -2.38. The molecule has 0 aliphatic heterocycles. The van der Waals surface area contributed by atoms with Crippen LogP contribution < -0.4 is 9.62 Å². The maximum Gasteiger partial charge on any atom is 0.223 e. The van der Waals surface area contributed by atoms with Crippen LogP contribution >= 0.6 is 11.6 Å². The van der Waals surface area contributed by atoms with Gasteiger partial charge in [-0.1, -0.05) is 48.0 Å². The van der Waals surface area contributed by atoms with E-state index in [0.29, 0.717) is 17.1 Å². The second kappa shape index (κ2) is 9.16. The van der Waals surface area contributed by atoms with Gasteiger partial charge in [0.2, 0.25) is 15.9 Å². The second-order valence-corrected chi connectivity index (χ2v) is 8.34. The van der Waals surface area contributed by atoms with Gasteiger partial charge < -0.3 is 4.90 Å². The van der Waals surface area contributed by atoms with Gasteiger partial charge in [-0.15, -0.1) is 0 Å². The van der Waals surface area contributed by atoms with E-state index in [9.17, 15) is 13.2 Å². The Hall–Kier alpha value is -1.89. The summed E-state index contributed by atoms with van der Waals surface area (Å²) in [7, 11) is -3.42. The van der Waals surface area contributed by atoms with Crippen LogP contribution in [0.2, 0.25) is 5.02 Å². The van der Waals surface area contributed by atoms with Gasteiger partial charge >= 0.3 is 0 Å². The van der Waals surface area contributed by atoms with Crippen molar-refractivity contribution in [2.45, 2.75) is 20.3 Å². The van der Waals surface area contributed by atoms with Crippen LogP contribution in [0.1, 0.15) is 18.1 Å². The third-order valence-corrected chi connectivity index (χ3v) is 5.86. The lowest BCUT2D eigenvalue weighted by Gasteiger charge is -2.23. The zero-order chi connectivity index (χ0) is 19.2. The van der Waals surface area contributed by atoms with Gasteiger partial charge in [0.05, 0.1) is 5.75 Å². The molecule has 140 valence electrons. The molecular weight excluding hydrogens is 372 g/mol. The van der Waals surface area contributed by atoms with Crippen molar-refractivity contribution in [3.8, 4) is 0 Å². The Bertz CT molecular complexity index is 854. The molecule has 0 saturated heterocycles. The summed E-state index contributed by atoms with van der Waals surface area (Å²) < 4.78 is 26.9. The number of amides is 1. The smallest absolute Gasteiger partial charge is 0.223 e. The third-order valence-electron chi connectivity index (χ3n) is 4.07. The molecule has 0 aliphatic rings. The number of hydrogen-bond acceptors (Lipinski definition) is 3. The highest BCUT2D eigenvalue weighted by atomic mass is 35.5. The molecule has 2 aromatic carbocycles. The minimum Gasteiger partial charge on any atom is -0.311 e. The first-order valence-electron chi connectivity index (χ1n) is 8.34. The van der Waals surface area contributed by atoms with Crippen molar-refractivity contribution < 1.29 is 13.2 Å². The Balaban J connectivity index is 1.95. The summed E-state index contributed by atoms with van der Waals surface area (Å²) in [4.78, 5) is 13.5. The molecule has 0 heterocycles. The summed E-state index contributed by atoms with van der Waals surface area (Å²) in [5, 5.41) is 0.567. The zero-order valence-electron chi connectivity index (χ0n) is 14.9. The van der Waals surface area contributed by atoms with E-state index < -0.39 is 10.0 Å². The molecule has 0 unspecified atom stereocenters. The van der Waals surface area contributed by atoms with E-state index in [1.807, 2.05) is 37.3 Å². The molecule has 0 bridgehead atoms. The summed E-state index contributed by atoms with van der Waals surface area (Å²) in [6.07, 6.45) is 0.444. The van der Waals surface area contributed by atoms with Crippen molar-refractivity contribution in [3.63, 3.8) is 0 Å².